The van der Waals surface area contributed by atoms with Gasteiger partial charge < -0.3 is 15.7 Å². The number of aliphatic carboxylic acids is 1. The zero-order valence-electron chi connectivity index (χ0n) is 12.7. The number of para-hydroxylation sites is 2. The first kappa shape index (κ1) is 15.9. The van der Waals surface area contributed by atoms with Crippen LogP contribution in [0.2, 0.25) is 0 Å². The standard InChI is InChI=1S/C16H16N4O4/c21-14-6-5-12(19-14)15(22)20-13(16(23)24)7-9-8-17-10-3-1-2-4-11(10)18-9/h1-4,8,12-13H,5-7H2,(H,19,21)(H,20,22)(H,23,24)/t12-,13-/m1/s1. The van der Waals surface area contributed by atoms with Crippen LogP contribution in [-0.4, -0.2) is 44.9 Å². The molecule has 8 heteroatoms. The van der Waals surface area contributed by atoms with Crippen molar-refractivity contribution in [3.8, 4) is 0 Å². The van der Waals surface area contributed by atoms with E-state index in [9.17, 15) is 19.5 Å². The lowest BCUT2D eigenvalue weighted by Crippen LogP contribution is -2.49. The van der Waals surface area contributed by atoms with Gasteiger partial charge in [0.25, 0.3) is 0 Å². The molecule has 8 nitrogen and oxygen atoms in total. The second kappa shape index (κ2) is 6.61. The first-order valence-corrected chi connectivity index (χ1v) is 7.56. The van der Waals surface area contributed by atoms with Crippen LogP contribution in [0.4, 0.5) is 0 Å². The molecular weight excluding hydrogens is 312 g/mol. The molecule has 1 aromatic heterocycles. The highest BCUT2D eigenvalue weighted by Gasteiger charge is 2.30. The Balaban J connectivity index is 1.72. The lowest BCUT2D eigenvalue weighted by atomic mass is 10.1. The minimum Gasteiger partial charge on any atom is -0.480 e. The second-order valence-electron chi connectivity index (χ2n) is 5.61. The maximum atomic E-state index is 12.1. The smallest absolute Gasteiger partial charge is 0.326 e. The normalized spacial score (nSPS) is 18.2. The van der Waals surface area contributed by atoms with E-state index in [1.807, 2.05) is 18.2 Å². The van der Waals surface area contributed by atoms with Crippen molar-refractivity contribution in [2.24, 2.45) is 0 Å². The molecule has 2 aromatic rings. The third kappa shape index (κ3) is 3.48. The van der Waals surface area contributed by atoms with Crippen LogP contribution < -0.4 is 10.6 Å². The first-order valence-electron chi connectivity index (χ1n) is 7.56. The predicted octanol–water partition coefficient (Wildman–Crippen LogP) is 0.0203. The van der Waals surface area contributed by atoms with E-state index in [4.69, 9.17) is 0 Å². The molecule has 0 radical (unpaired) electrons. The van der Waals surface area contributed by atoms with Crippen molar-refractivity contribution < 1.29 is 19.5 Å². The summed E-state index contributed by atoms with van der Waals surface area (Å²) < 4.78 is 0. The predicted molar refractivity (Wildman–Crippen MR) is 84.0 cm³/mol. The van der Waals surface area contributed by atoms with Crippen LogP contribution >= 0.6 is 0 Å². The van der Waals surface area contributed by atoms with Gasteiger partial charge in [0.15, 0.2) is 0 Å². The molecule has 3 rings (SSSR count). The molecule has 0 aliphatic carbocycles. The van der Waals surface area contributed by atoms with Gasteiger partial charge in [-0.15, -0.1) is 0 Å². The van der Waals surface area contributed by atoms with Crippen molar-refractivity contribution in [3.05, 3.63) is 36.2 Å². The van der Waals surface area contributed by atoms with Crippen molar-refractivity contribution in [1.82, 2.24) is 20.6 Å². The molecule has 1 aromatic carbocycles. The Labute approximate surface area is 137 Å². The van der Waals surface area contributed by atoms with Gasteiger partial charge in [-0.05, 0) is 18.6 Å². The largest absolute Gasteiger partial charge is 0.480 e. The molecule has 0 saturated carbocycles. The Kier molecular flexibility index (Phi) is 4.37. The Bertz CT molecular complexity index is 808. The van der Waals surface area contributed by atoms with E-state index in [2.05, 4.69) is 20.6 Å². The number of nitrogens with one attached hydrogen (secondary N) is 2. The summed E-state index contributed by atoms with van der Waals surface area (Å²) in [5.74, 6) is -1.87. The van der Waals surface area contributed by atoms with Gasteiger partial charge in [-0.2, -0.15) is 0 Å². The number of benzene rings is 1. The molecule has 1 aliphatic rings. The van der Waals surface area contributed by atoms with Gasteiger partial charge in [0.1, 0.15) is 12.1 Å². The number of carbonyl (C=O) groups excluding carboxylic acids is 2. The van der Waals surface area contributed by atoms with Crippen LogP contribution in [0.1, 0.15) is 18.5 Å². The fourth-order valence-electron chi connectivity index (χ4n) is 2.59. The summed E-state index contributed by atoms with van der Waals surface area (Å²) in [7, 11) is 0. The average molecular weight is 328 g/mol. The van der Waals surface area contributed by atoms with E-state index >= 15 is 0 Å². The SMILES string of the molecule is O=C1CC[C@H](C(=O)N[C@H](Cc2cnc3ccccc3n2)C(=O)O)N1. The number of carboxylic acid groups (broad SMARTS) is 1. The van der Waals surface area contributed by atoms with Gasteiger partial charge >= 0.3 is 5.97 Å². The molecule has 1 fully saturated rings. The number of carboxylic acids is 1. The zero-order valence-corrected chi connectivity index (χ0v) is 12.7. The average Bonchev–Trinajstić information content (AvgIpc) is 3.00. The molecule has 2 amide bonds. The number of nitrogens with zero attached hydrogens (tertiary/aromatic N) is 2. The number of rotatable bonds is 5. The number of amides is 2. The molecular formula is C16H16N4O4. The highest BCUT2D eigenvalue weighted by atomic mass is 16.4. The quantitative estimate of drug-likeness (QED) is 0.711. The summed E-state index contributed by atoms with van der Waals surface area (Å²) in [5, 5.41) is 14.3. The van der Waals surface area contributed by atoms with Crippen LogP contribution in [0.3, 0.4) is 0 Å². The van der Waals surface area contributed by atoms with E-state index < -0.39 is 24.0 Å². The lowest BCUT2D eigenvalue weighted by Gasteiger charge is -2.17. The summed E-state index contributed by atoms with van der Waals surface area (Å²) in [6.45, 7) is 0. The van der Waals surface area contributed by atoms with E-state index in [1.54, 1.807) is 6.07 Å². The van der Waals surface area contributed by atoms with E-state index in [-0.39, 0.29) is 18.7 Å². The van der Waals surface area contributed by atoms with Gasteiger partial charge in [-0.25, -0.2) is 9.78 Å². The van der Waals surface area contributed by atoms with Crippen molar-refractivity contribution in [2.45, 2.75) is 31.3 Å². The van der Waals surface area contributed by atoms with Crippen molar-refractivity contribution in [2.75, 3.05) is 0 Å². The number of hydrogen-bond donors (Lipinski definition) is 3. The van der Waals surface area contributed by atoms with Crippen LogP contribution in [0.15, 0.2) is 30.5 Å². The number of fused-ring (bicyclic) bond motifs is 1. The summed E-state index contributed by atoms with van der Waals surface area (Å²) in [4.78, 5) is 43.3. The first-order chi connectivity index (χ1) is 11.5. The number of hydrogen-bond acceptors (Lipinski definition) is 5. The van der Waals surface area contributed by atoms with E-state index in [1.165, 1.54) is 6.20 Å². The number of carbonyl (C=O) groups is 3. The minimum absolute atomic E-state index is 0.0135. The maximum Gasteiger partial charge on any atom is 0.326 e. The van der Waals surface area contributed by atoms with E-state index in [0.717, 1.165) is 0 Å². The van der Waals surface area contributed by atoms with Crippen molar-refractivity contribution in [3.63, 3.8) is 0 Å². The fourth-order valence-corrected chi connectivity index (χ4v) is 2.59. The van der Waals surface area contributed by atoms with E-state index in [0.29, 0.717) is 23.1 Å². The van der Waals surface area contributed by atoms with Crippen LogP contribution in [0, 0.1) is 0 Å². The Morgan fingerprint density at radius 1 is 1.33 bits per heavy atom. The van der Waals surface area contributed by atoms with Gasteiger partial charge in [0, 0.05) is 19.0 Å². The highest BCUT2D eigenvalue weighted by molar-refractivity contribution is 5.92. The molecule has 1 saturated heterocycles. The van der Waals surface area contributed by atoms with Crippen LogP contribution in [0.25, 0.3) is 11.0 Å². The van der Waals surface area contributed by atoms with Gasteiger partial charge in [0.05, 0.1) is 16.7 Å². The zero-order chi connectivity index (χ0) is 17.1. The summed E-state index contributed by atoms with van der Waals surface area (Å²) in [5.41, 5.74) is 1.84. The van der Waals surface area contributed by atoms with Crippen LogP contribution in [-0.2, 0) is 20.8 Å². The highest BCUT2D eigenvalue weighted by Crippen LogP contribution is 2.11. The summed E-state index contributed by atoms with van der Waals surface area (Å²) in [6, 6.07) is 5.44. The Hall–Kier alpha value is -3.03. The third-order valence-corrected chi connectivity index (χ3v) is 3.84. The molecule has 1 aliphatic heterocycles. The van der Waals surface area contributed by atoms with Crippen LogP contribution in [0.5, 0.6) is 0 Å². The van der Waals surface area contributed by atoms with Crippen molar-refractivity contribution >= 4 is 28.8 Å². The molecule has 0 bridgehead atoms. The summed E-state index contributed by atoms with van der Waals surface area (Å²) >= 11 is 0. The fraction of sp³-hybridized carbons (Fsp3) is 0.312. The molecule has 3 N–H and O–H groups in total. The molecule has 2 atom stereocenters. The third-order valence-electron chi connectivity index (χ3n) is 3.84. The Morgan fingerprint density at radius 3 is 2.75 bits per heavy atom. The number of aromatic nitrogens is 2. The van der Waals surface area contributed by atoms with Gasteiger partial charge in [-0.3, -0.25) is 14.6 Å². The maximum absolute atomic E-state index is 12.1. The Morgan fingerprint density at radius 2 is 2.08 bits per heavy atom. The lowest BCUT2D eigenvalue weighted by molar-refractivity contribution is -0.142. The van der Waals surface area contributed by atoms with Crippen molar-refractivity contribution in [1.29, 1.82) is 0 Å². The minimum atomic E-state index is -1.16. The molecule has 2 heterocycles. The van der Waals surface area contributed by atoms with Gasteiger partial charge in [-0.1, -0.05) is 12.1 Å². The topological polar surface area (TPSA) is 121 Å². The monoisotopic (exact) mass is 328 g/mol. The molecule has 0 spiro atoms. The second-order valence-corrected chi connectivity index (χ2v) is 5.61. The summed E-state index contributed by atoms with van der Waals surface area (Å²) in [6.07, 6.45) is 2.15. The molecule has 24 heavy (non-hydrogen) atoms. The molecule has 0 unspecified atom stereocenters. The molecule has 124 valence electrons. The van der Waals surface area contributed by atoms with Gasteiger partial charge in [0.2, 0.25) is 11.8 Å².